The van der Waals surface area contributed by atoms with E-state index in [4.69, 9.17) is 11.1 Å². The van der Waals surface area contributed by atoms with Crippen molar-refractivity contribution in [3.05, 3.63) is 29.8 Å². The van der Waals surface area contributed by atoms with E-state index >= 15 is 0 Å². The first-order chi connectivity index (χ1) is 9.78. The van der Waals surface area contributed by atoms with E-state index < -0.39 is 20.6 Å². The van der Waals surface area contributed by atoms with Gasteiger partial charge in [0.25, 0.3) is 0 Å². The van der Waals surface area contributed by atoms with Crippen molar-refractivity contribution in [3.8, 4) is 0 Å². The molecule has 0 radical (unpaired) electrons. The van der Waals surface area contributed by atoms with E-state index in [9.17, 15) is 13.5 Å². The van der Waals surface area contributed by atoms with Crippen molar-refractivity contribution in [1.82, 2.24) is 0 Å². The maximum atomic E-state index is 12.6. The standard InChI is InChI=1S/C15H22N2O3S/c1-11(16)12-2-4-13(5-3-12)21(19,20)14-6-8-15(17,10-18)9-7-14/h2-5,14,16,18H,6-10,17H2,1H3. The van der Waals surface area contributed by atoms with Crippen LogP contribution in [0.25, 0.3) is 0 Å². The highest BCUT2D eigenvalue weighted by atomic mass is 32.2. The maximum absolute atomic E-state index is 12.6. The van der Waals surface area contributed by atoms with Gasteiger partial charge in [-0.15, -0.1) is 0 Å². The molecule has 21 heavy (non-hydrogen) atoms. The zero-order chi connectivity index (χ0) is 15.7. The second-order valence-electron chi connectivity index (χ2n) is 5.91. The molecule has 0 atom stereocenters. The average Bonchev–Trinajstić information content (AvgIpc) is 2.48. The third-order valence-corrected chi connectivity index (χ3v) is 6.58. The molecular formula is C15H22N2O3S. The van der Waals surface area contributed by atoms with Gasteiger partial charge in [-0.2, -0.15) is 0 Å². The number of rotatable bonds is 4. The zero-order valence-electron chi connectivity index (χ0n) is 12.2. The number of benzene rings is 1. The van der Waals surface area contributed by atoms with Crippen LogP contribution in [0.3, 0.4) is 0 Å². The Balaban J connectivity index is 2.17. The van der Waals surface area contributed by atoms with Crippen LogP contribution in [0.2, 0.25) is 0 Å². The van der Waals surface area contributed by atoms with Gasteiger partial charge in [0.2, 0.25) is 0 Å². The first-order valence-corrected chi connectivity index (χ1v) is 8.62. The van der Waals surface area contributed by atoms with Crippen molar-refractivity contribution in [1.29, 1.82) is 5.41 Å². The number of hydrogen-bond acceptors (Lipinski definition) is 5. The number of sulfone groups is 1. The molecule has 6 heteroatoms. The molecule has 4 N–H and O–H groups in total. The summed E-state index contributed by atoms with van der Waals surface area (Å²) in [6.45, 7) is 1.56. The number of aliphatic hydroxyl groups excluding tert-OH is 1. The second-order valence-corrected chi connectivity index (χ2v) is 8.14. The summed E-state index contributed by atoms with van der Waals surface area (Å²) >= 11 is 0. The predicted octanol–water partition coefficient (Wildman–Crippen LogP) is 1.48. The molecule has 116 valence electrons. The van der Waals surface area contributed by atoms with Crippen molar-refractivity contribution in [2.24, 2.45) is 5.73 Å². The lowest BCUT2D eigenvalue weighted by Crippen LogP contribution is -2.48. The molecule has 0 aromatic heterocycles. The lowest BCUT2D eigenvalue weighted by Gasteiger charge is -2.35. The summed E-state index contributed by atoms with van der Waals surface area (Å²) in [6, 6.07) is 6.47. The van der Waals surface area contributed by atoms with E-state index in [0.717, 1.165) is 5.56 Å². The molecule has 1 fully saturated rings. The van der Waals surface area contributed by atoms with Crippen molar-refractivity contribution >= 4 is 15.5 Å². The van der Waals surface area contributed by atoms with E-state index in [-0.39, 0.29) is 6.61 Å². The number of aliphatic hydroxyl groups is 1. The fraction of sp³-hybridized carbons (Fsp3) is 0.533. The molecule has 5 nitrogen and oxygen atoms in total. The van der Waals surface area contributed by atoms with E-state index in [1.807, 2.05) is 0 Å². The van der Waals surface area contributed by atoms with Crippen LogP contribution in [-0.2, 0) is 9.84 Å². The summed E-state index contributed by atoms with van der Waals surface area (Å²) in [5.74, 6) is 0. The molecule has 1 aromatic carbocycles. The van der Waals surface area contributed by atoms with Crippen LogP contribution in [0.5, 0.6) is 0 Å². The van der Waals surface area contributed by atoms with Crippen LogP contribution >= 0.6 is 0 Å². The van der Waals surface area contributed by atoms with Crippen molar-refractivity contribution < 1.29 is 13.5 Å². The van der Waals surface area contributed by atoms with Crippen LogP contribution in [0.15, 0.2) is 29.2 Å². The zero-order valence-corrected chi connectivity index (χ0v) is 13.0. The van der Waals surface area contributed by atoms with E-state index in [1.54, 1.807) is 31.2 Å². The fourth-order valence-electron chi connectivity index (χ4n) is 2.72. The highest BCUT2D eigenvalue weighted by Crippen LogP contribution is 2.32. The predicted molar refractivity (Wildman–Crippen MR) is 82.4 cm³/mol. The van der Waals surface area contributed by atoms with E-state index in [1.165, 1.54) is 0 Å². The van der Waals surface area contributed by atoms with Gasteiger partial charge >= 0.3 is 0 Å². The summed E-state index contributed by atoms with van der Waals surface area (Å²) in [5, 5.41) is 16.3. The third kappa shape index (κ3) is 3.33. The van der Waals surface area contributed by atoms with Crippen LogP contribution in [0.4, 0.5) is 0 Å². The number of nitrogens with one attached hydrogen (secondary N) is 1. The molecule has 0 aliphatic heterocycles. The van der Waals surface area contributed by atoms with Crippen LogP contribution in [-0.4, -0.2) is 36.6 Å². The Hall–Kier alpha value is -1.24. The van der Waals surface area contributed by atoms with Gasteiger partial charge in [0.05, 0.1) is 16.8 Å². The molecule has 1 aromatic rings. The smallest absolute Gasteiger partial charge is 0.181 e. The van der Waals surface area contributed by atoms with Crippen LogP contribution in [0, 0.1) is 5.41 Å². The Bertz CT molecular complexity index is 615. The SMILES string of the molecule is CC(=N)c1ccc(S(=O)(=O)C2CCC(N)(CO)CC2)cc1. The molecule has 0 saturated heterocycles. The molecule has 1 aliphatic rings. The van der Waals surface area contributed by atoms with Crippen LogP contribution < -0.4 is 5.73 Å². The number of hydrogen-bond donors (Lipinski definition) is 3. The highest BCUT2D eigenvalue weighted by molar-refractivity contribution is 7.92. The topological polar surface area (TPSA) is 104 Å². The Morgan fingerprint density at radius 2 is 1.86 bits per heavy atom. The monoisotopic (exact) mass is 310 g/mol. The molecule has 0 spiro atoms. The van der Waals surface area contributed by atoms with Gasteiger partial charge in [-0.3, -0.25) is 0 Å². The minimum absolute atomic E-state index is 0.104. The molecule has 0 heterocycles. The molecule has 1 saturated carbocycles. The summed E-state index contributed by atoms with van der Waals surface area (Å²) in [7, 11) is -3.37. The van der Waals surface area contributed by atoms with Gasteiger partial charge < -0.3 is 16.2 Å². The average molecular weight is 310 g/mol. The largest absolute Gasteiger partial charge is 0.394 e. The Kier molecular flexibility index (Phi) is 4.51. The second kappa shape index (κ2) is 5.87. The molecule has 2 rings (SSSR count). The molecule has 1 aliphatic carbocycles. The summed E-state index contributed by atoms with van der Waals surface area (Å²) in [5.41, 5.74) is 6.49. The lowest BCUT2D eigenvalue weighted by molar-refractivity contribution is 0.157. The highest BCUT2D eigenvalue weighted by Gasteiger charge is 2.37. The Labute approximate surface area is 125 Å². The van der Waals surface area contributed by atoms with Gasteiger partial charge in [-0.05, 0) is 50.3 Å². The third-order valence-electron chi connectivity index (χ3n) is 4.30. The van der Waals surface area contributed by atoms with Crippen molar-refractivity contribution in [2.75, 3.05) is 6.61 Å². The van der Waals surface area contributed by atoms with E-state index in [2.05, 4.69) is 0 Å². The summed E-state index contributed by atoms with van der Waals surface area (Å²) < 4.78 is 25.2. The molecule has 0 bridgehead atoms. The van der Waals surface area contributed by atoms with Gasteiger partial charge in [0.15, 0.2) is 9.84 Å². The summed E-state index contributed by atoms with van der Waals surface area (Å²) in [6.07, 6.45) is 1.99. The minimum atomic E-state index is -3.37. The van der Waals surface area contributed by atoms with Crippen LogP contribution in [0.1, 0.15) is 38.2 Å². The first kappa shape index (κ1) is 16.1. The lowest BCUT2D eigenvalue weighted by atomic mass is 9.83. The fourth-order valence-corrected chi connectivity index (χ4v) is 4.48. The first-order valence-electron chi connectivity index (χ1n) is 7.08. The minimum Gasteiger partial charge on any atom is -0.394 e. The quantitative estimate of drug-likeness (QED) is 0.733. The maximum Gasteiger partial charge on any atom is 0.181 e. The Morgan fingerprint density at radius 3 is 2.29 bits per heavy atom. The van der Waals surface area contributed by atoms with E-state index in [0.29, 0.717) is 36.3 Å². The number of nitrogens with two attached hydrogens (primary N) is 1. The molecule has 0 unspecified atom stereocenters. The summed E-state index contributed by atoms with van der Waals surface area (Å²) in [4.78, 5) is 0.297. The van der Waals surface area contributed by atoms with Gasteiger partial charge in [0, 0.05) is 11.3 Å². The Morgan fingerprint density at radius 1 is 1.33 bits per heavy atom. The molecule has 0 amide bonds. The van der Waals surface area contributed by atoms with Gasteiger partial charge in [-0.25, -0.2) is 8.42 Å². The van der Waals surface area contributed by atoms with Gasteiger partial charge in [-0.1, -0.05) is 12.1 Å². The normalized spacial score (nSPS) is 26.5. The van der Waals surface area contributed by atoms with Gasteiger partial charge in [0.1, 0.15) is 0 Å². The van der Waals surface area contributed by atoms with Crippen molar-refractivity contribution in [3.63, 3.8) is 0 Å². The molecular weight excluding hydrogens is 288 g/mol. The van der Waals surface area contributed by atoms with Crippen molar-refractivity contribution in [2.45, 2.75) is 48.3 Å².